The Bertz CT molecular complexity index is 538. The van der Waals surface area contributed by atoms with Crippen LogP contribution in [-0.2, 0) is 6.54 Å². The fraction of sp³-hybridized carbons (Fsp3) is 0.308. The predicted octanol–water partition coefficient (Wildman–Crippen LogP) is 2.89. The number of hydrogen-bond acceptors (Lipinski definition) is 3. The van der Waals surface area contributed by atoms with E-state index in [0.717, 1.165) is 6.54 Å². The van der Waals surface area contributed by atoms with Gasteiger partial charge in [-0.1, -0.05) is 0 Å². The van der Waals surface area contributed by atoms with E-state index < -0.39 is 11.9 Å². The fourth-order valence-electron chi connectivity index (χ4n) is 1.64. The Kier molecular flexibility index (Phi) is 3.62. The minimum Gasteiger partial charge on any atom is -0.454 e. The third-order valence-electron chi connectivity index (χ3n) is 2.58. The van der Waals surface area contributed by atoms with Crippen molar-refractivity contribution in [3.05, 3.63) is 42.0 Å². The topological polar surface area (TPSA) is 47.3 Å². The van der Waals surface area contributed by atoms with E-state index >= 15 is 0 Å². The highest BCUT2D eigenvalue weighted by Gasteiger charge is 2.12. The summed E-state index contributed by atoms with van der Waals surface area (Å²) in [5, 5.41) is 13.7. The number of aliphatic hydroxyl groups excluding tert-OH is 1. The van der Waals surface area contributed by atoms with Gasteiger partial charge >= 0.3 is 0 Å². The zero-order chi connectivity index (χ0) is 13.1. The van der Waals surface area contributed by atoms with Crippen LogP contribution in [0.3, 0.4) is 0 Å². The van der Waals surface area contributed by atoms with Crippen LogP contribution >= 0.6 is 0 Å². The molecule has 1 atom stereocenters. The van der Waals surface area contributed by atoms with Gasteiger partial charge in [-0.15, -0.1) is 0 Å². The molecule has 0 saturated heterocycles. The van der Waals surface area contributed by atoms with Crippen LogP contribution < -0.4 is 4.74 Å². The Morgan fingerprint density at radius 3 is 2.89 bits per heavy atom. The Morgan fingerprint density at radius 2 is 2.28 bits per heavy atom. The van der Waals surface area contributed by atoms with Gasteiger partial charge in [-0.25, -0.2) is 4.39 Å². The average Bonchev–Trinajstić information content (AvgIpc) is 2.79. The lowest BCUT2D eigenvalue weighted by molar-refractivity contribution is 0.195. The molecule has 0 aliphatic heterocycles. The molecular weight excluding hydrogens is 235 g/mol. The Morgan fingerprint density at radius 1 is 1.50 bits per heavy atom. The first-order valence-corrected chi connectivity index (χ1v) is 5.78. The van der Waals surface area contributed by atoms with E-state index in [0.29, 0.717) is 17.1 Å². The summed E-state index contributed by atoms with van der Waals surface area (Å²) < 4.78 is 20.4. The summed E-state index contributed by atoms with van der Waals surface area (Å²) in [4.78, 5) is 0. The Hall–Kier alpha value is -1.88. The maximum Gasteiger partial charge on any atom is 0.165 e. The number of halogens is 1. The van der Waals surface area contributed by atoms with E-state index in [1.807, 2.05) is 6.92 Å². The summed E-state index contributed by atoms with van der Waals surface area (Å²) in [7, 11) is 0. The first-order chi connectivity index (χ1) is 8.60. The standard InChI is InChI=1S/C13H15FN2O2/c1-3-16-8-11(7-15-16)18-13-5-4-10(14)6-12(13)9(2)17/h4-9,17H,3H2,1-2H3. The van der Waals surface area contributed by atoms with Crippen molar-refractivity contribution in [1.29, 1.82) is 0 Å². The highest BCUT2D eigenvalue weighted by atomic mass is 19.1. The number of aryl methyl sites for hydroxylation is 1. The summed E-state index contributed by atoms with van der Waals surface area (Å²) in [5.74, 6) is 0.593. The van der Waals surface area contributed by atoms with E-state index in [-0.39, 0.29) is 0 Å². The van der Waals surface area contributed by atoms with Gasteiger partial charge in [0.25, 0.3) is 0 Å². The quantitative estimate of drug-likeness (QED) is 0.907. The van der Waals surface area contributed by atoms with Crippen molar-refractivity contribution in [1.82, 2.24) is 9.78 Å². The van der Waals surface area contributed by atoms with Crippen molar-refractivity contribution in [3.8, 4) is 11.5 Å². The van der Waals surface area contributed by atoms with Crippen LogP contribution in [0.5, 0.6) is 11.5 Å². The SMILES string of the molecule is CCn1cc(Oc2ccc(F)cc2C(C)O)cn1. The van der Waals surface area contributed by atoms with Crippen LogP contribution in [0.15, 0.2) is 30.6 Å². The molecule has 0 aliphatic rings. The van der Waals surface area contributed by atoms with Crippen LogP contribution in [0.2, 0.25) is 0 Å². The number of ether oxygens (including phenoxy) is 1. The summed E-state index contributed by atoms with van der Waals surface area (Å²) >= 11 is 0. The Balaban J connectivity index is 2.28. The van der Waals surface area contributed by atoms with Crippen molar-refractivity contribution in [3.63, 3.8) is 0 Å². The lowest BCUT2D eigenvalue weighted by atomic mass is 10.1. The first-order valence-electron chi connectivity index (χ1n) is 5.78. The fourth-order valence-corrected chi connectivity index (χ4v) is 1.64. The molecule has 96 valence electrons. The molecule has 0 radical (unpaired) electrons. The average molecular weight is 250 g/mol. The molecule has 5 heteroatoms. The van der Waals surface area contributed by atoms with Crippen LogP contribution in [0.25, 0.3) is 0 Å². The van der Waals surface area contributed by atoms with Gasteiger partial charge in [-0.05, 0) is 32.0 Å². The molecule has 1 aromatic carbocycles. The second-order valence-corrected chi connectivity index (χ2v) is 3.99. The maximum atomic E-state index is 13.1. The van der Waals surface area contributed by atoms with Crippen molar-refractivity contribution < 1.29 is 14.2 Å². The van der Waals surface area contributed by atoms with Gasteiger partial charge < -0.3 is 9.84 Å². The van der Waals surface area contributed by atoms with Crippen molar-refractivity contribution >= 4 is 0 Å². The normalized spacial score (nSPS) is 12.4. The van der Waals surface area contributed by atoms with Gasteiger partial charge in [0.05, 0.1) is 18.5 Å². The zero-order valence-electron chi connectivity index (χ0n) is 10.3. The monoisotopic (exact) mass is 250 g/mol. The molecule has 18 heavy (non-hydrogen) atoms. The molecule has 0 bridgehead atoms. The number of aliphatic hydroxyl groups is 1. The summed E-state index contributed by atoms with van der Waals surface area (Å²) in [6.45, 7) is 4.28. The van der Waals surface area contributed by atoms with Crippen LogP contribution in [-0.4, -0.2) is 14.9 Å². The highest BCUT2D eigenvalue weighted by Crippen LogP contribution is 2.30. The number of benzene rings is 1. The van der Waals surface area contributed by atoms with E-state index in [4.69, 9.17) is 4.74 Å². The molecule has 0 spiro atoms. The summed E-state index contributed by atoms with van der Waals surface area (Å²) in [6, 6.07) is 4.07. The molecule has 1 heterocycles. The first kappa shape index (κ1) is 12.6. The van der Waals surface area contributed by atoms with Crippen molar-refractivity contribution in [2.45, 2.75) is 26.5 Å². The molecule has 1 N–H and O–H groups in total. The molecule has 1 aromatic heterocycles. The minimum absolute atomic E-state index is 0.400. The minimum atomic E-state index is -0.795. The van der Waals surface area contributed by atoms with E-state index in [1.54, 1.807) is 24.0 Å². The molecular formula is C13H15FN2O2. The zero-order valence-corrected chi connectivity index (χ0v) is 10.3. The maximum absolute atomic E-state index is 13.1. The predicted molar refractivity (Wildman–Crippen MR) is 65.0 cm³/mol. The van der Waals surface area contributed by atoms with Gasteiger partial charge in [0, 0.05) is 12.1 Å². The molecule has 0 saturated carbocycles. The van der Waals surface area contributed by atoms with Crippen molar-refractivity contribution in [2.24, 2.45) is 0 Å². The van der Waals surface area contributed by atoms with Gasteiger partial charge in [0.1, 0.15) is 11.6 Å². The lowest BCUT2D eigenvalue weighted by Crippen LogP contribution is -1.97. The van der Waals surface area contributed by atoms with Crippen LogP contribution in [0, 0.1) is 5.82 Å². The number of rotatable bonds is 4. The van der Waals surface area contributed by atoms with Gasteiger partial charge in [-0.3, -0.25) is 4.68 Å². The van der Waals surface area contributed by atoms with E-state index in [1.165, 1.54) is 18.2 Å². The van der Waals surface area contributed by atoms with Crippen LogP contribution in [0.4, 0.5) is 4.39 Å². The van der Waals surface area contributed by atoms with Gasteiger partial charge in [0.2, 0.25) is 0 Å². The second kappa shape index (κ2) is 5.18. The highest BCUT2D eigenvalue weighted by molar-refractivity contribution is 5.38. The smallest absolute Gasteiger partial charge is 0.165 e. The Labute approximate surface area is 105 Å². The van der Waals surface area contributed by atoms with Gasteiger partial charge in [0.15, 0.2) is 5.75 Å². The third-order valence-corrected chi connectivity index (χ3v) is 2.58. The summed E-state index contributed by atoms with van der Waals surface area (Å²) in [6.07, 6.45) is 2.53. The van der Waals surface area contributed by atoms with E-state index in [2.05, 4.69) is 5.10 Å². The summed E-state index contributed by atoms with van der Waals surface area (Å²) in [5.41, 5.74) is 0.416. The molecule has 2 rings (SSSR count). The number of hydrogen-bond donors (Lipinski definition) is 1. The largest absolute Gasteiger partial charge is 0.454 e. The molecule has 1 unspecified atom stereocenters. The molecule has 2 aromatic rings. The number of nitrogens with zero attached hydrogens (tertiary/aromatic N) is 2. The lowest BCUT2D eigenvalue weighted by Gasteiger charge is -2.11. The molecule has 0 amide bonds. The van der Waals surface area contributed by atoms with Crippen molar-refractivity contribution in [2.75, 3.05) is 0 Å². The molecule has 4 nitrogen and oxygen atoms in total. The van der Waals surface area contributed by atoms with Crippen LogP contribution in [0.1, 0.15) is 25.5 Å². The molecule has 0 aliphatic carbocycles. The molecule has 0 fully saturated rings. The van der Waals surface area contributed by atoms with E-state index in [9.17, 15) is 9.50 Å². The third kappa shape index (κ3) is 2.68. The number of aromatic nitrogens is 2. The van der Waals surface area contributed by atoms with Gasteiger partial charge in [-0.2, -0.15) is 5.10 Å². The second-order valence-electron chi connectivity index (χ2n) is 3.99.